The van der Waals surface area contributed by atoms with Crippen molar-refractivity contribution < 1.29 is 0 Å². The van der Waals surface area contributed by atoms with Crippen LogP contribution in [0, 0.1) is 0 Å². The summed E-state index contributed by atoms with van der Waals surface area (Å²) in [6, 6.07) is 0.600. The maximum absolute atomic E-state index is 4.29. The van der Waals surface area contributed by atoms with Crippen LogP contribution in [0.5, 0.6) is 0 Å². The number of thiazole rings is 1. The van der Waals surface area contributed by atoms with Gasteiger partial charge in [-0.05, 0) is 13.8 Å². The zero-order valence-electron chi connectivity index (χ0n) is 9.37. The summed E-state index contributed by atoms with van der Waals surface area (Å²) >= 11 is 1.62. The van der Waals surface area contributed by atoms with Gasteiger partial charge in [0, 0.05) is 17.5 Å². The molecule has 0 aliphatic heterocycles. The highest BCUT2D eigenvalue weighted by atomic mass is 32.1. The summed E-state index contributed by atoms with van der Waals surface area (Å²) in [7, 11) is 0. The van der Waals surface area contributed by atoms with Crippen molar-refractivity contribution in [3.05, 3.63) is 29.2 Å². The molecule has 0 spiro atoms. The van der Waals surface area contributed by atoms with Gasteiger partial charge in [-0.15, -0.1) is 11.3 Å². The molecule has 2 aromatic rings. The molecule has 5 nitrogen and oxygen atoms in total. The van der Waals surface area contributed by atoms with Crippen LogP contribution in [0.15, 0.2) is 23.5 Å². The number of nitrogens with zero attached hydrogens (tertiary/aromatic N) is 4. The number of hydrogen-bond acceptors (Lipinski definition) is 5. The van der Waals surface area contributed by atoms with Crippen molar-refractivity contribution in [3.63, 3.8) is 0 Å². The Morgan fingerprint density at radius 2 is 2.38 bits per heavy atom. The molecule has 0 radical (unpaired) electrons. The van der Waals surface area contributed by atoms with Gasteiger partial charge in [0.25, 0.3) is 0 Å². The number of nitrogens with one attached hydrogen (secondary N) is 1. The van der Waals surface area contributed by atoms with Gasteiger partial charge in [-0.2, -0.15) is 5.10 Å². The lowest BCUT2D eigenvalue weighted by Gasteiger charge is -2.18. The van der Waals surface area contributed by atoms with Crippen LogP contribution in [-0.2, 0) is 6.54 Å². The molecular weight excluding hydrogens is 222 g/mol. The molecule has 0 amide bonds. The minimum Gasteiger partial charge on any atom is -0.304 e. The molecule has 2 unspecified atom stereocenters. The molecule has 0 aliphatic rings. The van der Waals surface area contributed by atoms with Crippen LogP contribution in [0.25, 0.3) is 0 Å². The van der Waals surface area contributed by atoms with E-state index in [1.807, 2.05) is 10.2 Å². The smallest absolute Gasteiger partial charge is 0.137 e. The van der Waals surface area contributed by atoms with Crippen LogP contribution in [0.2, 0.25) is 0 Å². The quantitative estimate of drug-likeness (QED) is 0.855. The van der Waals surface area contributed by atoms with Crippen LogP contribution in [-0.4, -0.2) is 25.8 Å². The van der Waals surface area contributed by atoms with E-state index in [1.165, 1.54) is 0 Å². The third-order valence-corrected chi connectivity index (χ3v) is 2.96. The normalized spacial score (nSPS) is 14.9. The molecule has 6 heteroatoms. The first kappa shape index (κ1) is 11.2. The van der Waals surface area contributed by atoms with Gasteiger partial charge in [-0.25, -0.2) is 9.97 Å². The van der Waals surface area contributed by atoms with Gasteiger partial charge >= 0.3 is 0 Å². The lowest BCUT2D eigenvalue weighted by atomic mass is 10.2. The SMILES string of the molecule is CC(Cn1cncn1)NC(C)c1cscn1. The number of aromatic nitrogens is 4. The summed E-state index contributed by atoms with van der Waals surface area (Å²) in [6.45, 7) is 5.06. The van der Waals surface area contributed by atoms with Crippen LogP contribution in [0.3, 0.4) is 0 Å². The zero-order valence-corrected chi connectivity index (χ0v) is 10.2. The standard InChI is InChI=1S/C10H15N5S/c1-8(3-15-6-11-5-13-15)14-9(2)10-4-16-7-12-10/h4-9,14H,3H2,1-2H3. The average molecular weight is 237 g/mol. The monoisotopic (exact) mass is 237 g/mol. The largest absolute Gasteiger partial charge is 0.304 e. The fourth-order valence-electron chi connectivity index (χ4n) is 1.61. The van der Waals surface area contributed by atoms with E-state index in [1.54, 1.807) is 24.0 Å². The molecule has 0 bridgehead atoms. The van der Waals surface area contributed by atoms with Crippen molar-refractivity contribution in [1.82, 2.24) is 25.1 Å². The lowest BCUT2D eigenvalue weighted by Crippen LogP contribution is -2.32. The van der Waals surface area contributed by atoms with Crippen LogP contribution < -0.4 is 5.32 Å². The van der Waals surface area contributed by atoms with Crippen LogP contribution in [0.4, 0.5) is 0 Å². The van der Waals surface area contributed by atoms with Crippen molar-refractivity contribution in [2.24, 2.45) is 0 Å². The summed E-state index contributed by atoms with van der Waals surface area (Å²) in [5.74, 6) is 0. The average Bonchev–Trinajstić information content (AvgIpc) is 2.88. The summed E-state index contributed by atoms with van der Waals surface area (Å²) in [5.41, 5.74) is 2.95. The molecule has 86 valence electrons. The van der Waals surface area contributed by atoms with Gasteiger partial charge in [0.2, 0.25) is 0 Å². The molecule has 16 heavy (non-hydrogen) atoms. The van der Waals surface area contributed by atoms with Crippen LogP contribution >= 0.6 is 11.3 Å². The first-order chi connectivity index (χ1) is 7.75. The third kappa shape index (κ3) is 2.86. The van der Waals surface area contributed by atoms with Crippen molar-refractivity contribution >= 4 is 11.3 Å². The topological polar surface area (TPSA) is 55.6 Å². The van der Waals surface area contributed by atoms with Gasteiger partial charge in [-0.1, -0.05) is 0 Å². The molecule has 2 atom stereocenters. The van der Waals surface area contributed by atoms with E-state index in [2.05, 4.69) is 39.6 Å². The second-order valence-electron chi connectivity index (χ2n) is 3.82. The van der Waals surface area contributed by atoms with E-state index in [-0.39, 0.29) is 6.04 Å². The highest BCUT2D eigenvalue weighted by Crippen LogP contribution is 2.12. The predicted octanol–water partition coefficient (Wildman–Crippen LogP) is 1.47. The summed E-state index contributed by atoms with van der Waals surface area (Å²) in [4.78, 5) is 8.21. The van der Waals surface area contributed by atoms with Crippen molar-refractivity contribution in [2.75, 3.05) is 0 Å². The lowest BCUT2D eigenvalue weighted by molar-refractivity contribution is 0.409. The molecule has 2 heterocycles. The Morgan fingerprint density at radius 1 is 1.50 bits per heavy atom. The van der Waals surface area contributed by atoms with E-state index >= 15 is 0 Å². The minimum atomic E-state index is 0.268. The fourth-order valence-corrected chi connectivity index (χ4v) is 2.26. The Balaban J connectivity index is 1.85. The van der Waals surface area contributed by atoms with Crippen molar-refractivity contribution in [3.8, 4) is 0 Å². The Kier molecular flexibility index (Phi) is 3.63. The number of hydrogen-bond donors (Lipinski definition) is 1. The zero-order chi connectivity index (χ0) is 11.4. The second kappa shape index (κ2) is 5.18. The second-order valence-corrected chi connectivity index (χ2v) is 4.54. The molecular formula is C10H15N5S. The van der Waals surface area contributed by atoms with Gasteiger partial charge in [0.15, 0.2) is 0 Å². The highest BCUT2D eigenvalue weighted by Gasteiger charge is 2.11. The van der Waals surface area contributed by atoms with Crippen molar-refractivity contribution in [1.29, 1.82) is 0 Å². The van der Waals surface area contributed by atoms with Crippen molar-refractivity contribution in [2.45, 2.75) is 32.5 Å². The van der Waals surface area contributed by atoms with Gasteiger partial charge in [0.05, 0.1) is 17.7 Å². The molecule has 2 aromatic heterocycles. The first-order valence-electron chi connectivity index (χ1n) is 5.22. The maximum Gasteiger partial charge on any atom is 0.137 e. The van der Waals surface area contributed by atoms with E-state index in [4.69, 9.17) is 0 Å². The fraction of sp³-hybridized carbons (Fsp3) is 0.500. The van der Waals surface area contributed by atoms with E-state index in [9.17, 15) is 0 Å². The molecule has 0 saturated heterocycles. The highest BCUT2D eigenvalue weighted by molar-refractivity contribution is 7.07. The molecule has 0 aromatic carbocycles. The van der Waals surface area contributed by atoms with Gasteiger partial charge in [-0.3, -0.25) is 4.68 Å². The van der Waals surface area contributed by atoms with E-state index in [0.717, 1.165) is 12.2 Å². The molecule has 0 saturated carbocycles. The Hall–Kier alpha value is -1.27. The third-order valence-electron chi connectivity index (χ3n) is 2.36. The molecule has 0 fully saturated rings. The Bertz CT molecular complexity index is 397. The van der Waals surface area contributed by atoms with E-state index in [0.29, 0.717) is 6.04 Å². The Labute approximate surface area is 98.5 Å². The minimum absolute atomic E-state index is 0.268. The molecule has 2 rings (SSSR count). The summed E-state index contributed by atoms with van der Waals surface area (Å²) in [5, 5.41) is 9.62. The van der Waals surface area contributed by atoms with Crippen LogP contribution in [0.1, 0.15) is 25.6 Å². The van der Waals surface area contributed by atoms with Gasteiger partial charge in [0.1, 0.15) is 12.7 Å². The maximum atomic E-state index is 4.29. The number of rotatable bonds is 5. The molecule has 1 N–H and O–H groups in total. The Morgan fingerprint density at radius 3 is 3.00 bits per heavy atom. The van der Waals surface area contributed by atoms with Gasteiger partial charge < -0.3 is 5.32 Å². The summed E-state index contributed by atoms with van der Waals surface area (Å²) < 4.78 is 1.82. The predicted molar refractivity (Wildman–Crippen MR) is 63.1 cm³/mol. The molecule has 0 aliphatic carbocycles. The van der Waals surface area contributed by atoms with E-state index < -0.39 is 0 Å². The summed E-state index contributed by atoms with van der Waals surface area (Å²) in [6.07, 6.45) is 3.28. The first-order valence-corrected chi connectivity index (χ1v) is 6.16.